The number of carbonyl (C=O) groups is 1. The average molecular weight is 235 g/mol. The molecule has 4 nitrogen and oxygen atoms in total. The minimum atomic E-state index is -0.827. The Morgan fingerprint density at radius 1 is 1.41 bits per heavy atom. The van der Waals surface area contributed by atoms with Gasteiger partial charge in [-0.2, -0.15) is 0 Å². The molecule has 1 aromatic carbocycles. The van der Waals surface area contributed by atoms with Crippen LogP contribution in [0.25, 0.3) is 0 Å². The fourth-order valence-corrected chi connectivity index (χ4v) is 2.33. The number of aryl methyl sites for hydroxylation is 2. The van der Waals surface area contributed by atoms with Gasteiger partial charge < -0.3 is 14.7 Å². The van der Waals surface area contributed by atoms with Crippen molar-refractivity contribution in [3.8, 4) is 0 Å². The Labute approximate surface area is 101 Å². The first kappa shape index (κ1) is 11.9. The molecule has 1 unspecified atom stereocenters. The number of hydrogen-bond donors (Lipinski definition) is 1. The van der Waals surface area contributed by atoms with Gasteiger partial charge in [0.25, 0.3) is 0 Å². The second kappa shape index (κ2) is 4.75. The number of carboxylic acids is 1. The van der Waals surface area contributed by atoms with E-state index in [0.717, 1.165) is 16.8 Å². The highest BCUT2D eigenvalue weighted by Gasteiger charge is 2.30. The Hall–Kier alpha value is -1.55. The second-order valence-electron chi connectivity index (χ2n) is 4.36. The van der Waals surface area contributed by atoms with Crippen LogP contribution in [-0.4, -0.2) is 36.9 Å². The predicted molar refractivity (Wildman–Crippen MR) is 65.5 cm³/mol. The smallest absolute Gasteiger partial charge is 0.328 e. The highest BCUT2D eigenvalue weighted by Crippen LogP contribution is 2.27. The molecule has 1 atom stereocenters. The summed E-state index contributed by atoms with van der Waals surface area (Å²) < 4.78 is 5.25. The highest BCUT2D eigenvalue weighted by molar-refractivity contribution is 5.80. The molecule has 1 aliphatic heterocycles. The van der Waals surface area contributed by atoms with Gasteiger partial charge in [-0.3, -0.25) is 0 Å². The van der Waals surface area contributed by atoms with Gasteiger partial charge in [0.05, 0.1) is 13.2 Å². The fraction of sp³-hybridized carbons (Fsp3) is 0.462. The summed E-state index contributed by atoms with van der Waals surface area (Å²) in [5, 5.41) is 9.23. The number of morpholine rings is 1. The minimum Gasteiger partial charge on any atom is -0.480 e. The summed E-state index contributed by atoms with van der Waals surface area (Å²) in [6.07, 6.45) is 0. The molecule has 1 fully saturated rings. The number of nitrogens with zero attached hydrogens (tertiary/aromatic N) is 1. The van der Waals surface area contributed by atoms with E-state index in [1.54, 1.807) is 0 Å². The van der Waals surface area contributed by atoms with E-state index >= 15 is 0 Å². The maximum Gasteiger partial charge on any atom is 0.328 e. The molecule has 0 amide bonds. The molecule has 92 valence electrons. The molecule has 0 saturated carbocycles. The van der Waals surface area contributed by atoms with E-state index < -0.39 is 12.0 Å². The van der Waals surface area contributed by atoms with Gasteiger partial charge in [0.15, 0.2) is 6.04 Å². The quantitative estimate of drug-likeness (QED) is 0.845. The van der Waals surface area contributed by atoms with Crippen molar-refractivity contribution in [1.82, 2.24) is 0 Å². The molecule has 2 rings (SSSR count). The summed E-state index contributed by atoms with van der Waals surface area (Å²) in [6.45, 7) is 5.48. The molecule has 1 heterocycles. The van der Waals surface area contributed by atoms with Gasteiger partial charge in [-0.25, -0.2) is 4.79 Å². The lowest BCUT2D eigenvalue weighted by Gasteiger charge is -2.36. The van der Waals surface area contributed by atoms with Gasteiger partial charge in [0.1, 0.15) is 0 Å². The molecule has 1 aromatic rings. The number of rotatable bonds is 2. The van der Waals surface area contributed by atoms with Gasteiger partial charge in [-0.15, -0.1) is 0 Å². The molecule has 0 bridgehead atoms. The molecule has 0 aliphatic carbocycles. The number of ether oxygens (including phenoxy) is 1. The average Bonchev–Trinajstić information content (AvgIpc) is 2.29. The zero-order valence-electron chi connectivity index (χ0n) is 10.1. The van der Waals surface area contributed by atoms with Crippen molar-refractivity contribution in [2.24, 2.45) is 0 Å². The van der Waals surface area contributed by atoms with Crippen molar-refractivity contribution < 1.29 is 14.6 Å². The van der Waals surface area contributed by atoms with Crippen molar-refractivity contribution in [2.75, 3.05) is 24.7 Å². The van der Waals surface area contributed by atoms with Crippen LogP contribution >= 0.6 is 0 Å². The van der Waals surface area contributed by atoms with Gasteiger partial charge in [0.2, 0.25) is 0 Å². The SMILES string of the molecule is Cc1cccc(C)c1N1CCOCC1C(=O)O. The monoisotopic (exact) mass is 235 g/mol. The van der Waals surface area contributed by atoms with E-state index in [1.807, 2.05) is 36.9 Å². The third kappa shape index (κ3) is 2.26. The molecule has 0 radical (unpaired) electrons. The Bertz CT molecular complexity index is 410. The first-order chi connectivity index (χ1) is 8.11. The molecule has 17 heavy (non-hydrogen) atoms. The van der Waals surface area contributed by atoms with E-state index in [9.17, 15) is 9.90 Å². The molecule has 1 aliphatic rings. The Morgan fingerprint density at radius 3 is 2.65 bits per heavy atom. The molecule has 1 N–H and O–H groups in total. The van der Waals surface area contributed by atoms with Crippen LogP contribution in [0.5, 0.6) is 0 Å². The van der Waals surface area contributed by atoms with E-state index in [0.29, 0.717) is 13.2 Å². The summed E-state index contributed by atoms with van der Waals surface area (Å²) in [6, 6.07) is 5.43. The highest BCUT2D eigenvalue weighted by atomic mass is 16.5. The van der Waals surface area contributed by atoms with Gasteiger partial charge >= 0.3 is 5.97 Å². The number of anilines is 1. The van der Waals surface area contributed by atoms with Crippen LogP contribution in [-0.2, 0) is 9.53 Å². The van der Waals surface area contributed by atoms with Crippen LogP contribution in [0.1, 0.15) is 11.1 Å². The lowest BCUT2D eigenvalue weighted by molar-refractivity contribution is -0.141. The molecular formula is C13H17NO3. The summed E-state index contributed by atoms with van der Waals surface area (Å²) >= 11 is 0. The molecule has 0 aromatic heterocycles. The molecule has 0 spiro atoms. The summed E-state index contributed by atoms with van der Waals surface area (Å²) in [5.41, 5.74) is 3.25. The van der Waals surface area contributed by atoms with Crippen molar-refractivity contribution in [3.63, 3.8) is 0 Å². The van der Waals surface area contributed by atoms with Crippen LogP contribution < -0.4 is 4.90 Å². The summed E-state index contributed by atoms with van der Waals surface area (Å²) in [4.78, 5) is 13.2. The van der Waals surface area contributed by atoms with Crippen molar-refractivity contribution in [3.05, 3.63) is 29.3 Å². The number of para-hydroxylation sites is 1. The summed E-state index contributed by atoms with van der Waals surface area (Å²) in [7, 11) is 0. The van der Waals surface area contributed by atoms with Crippen LogP contribution in [0.15, 0.2) is 18.2 Å². The van der Waals surface area contributed by atoms with Crippen LogP contribution in [0.4, 0.5) is 5.69 Å². The zero-order valence-corrected chi connectivity index (χ0v) is 10.1. The first-order valence-electron chi connectivity index (χ1n) is 5.74. The molecular weight excluding hydrogens is 218 g/mol. The van der Waals surface area contributed by atoms with E-state index in [4.69, 9.17) is 4.74 Å². The van der Waals surface area contributed by atoms with Crippen molar-refractivity contribution in [2.45, 2.75) is 19.9 Å². The fourth-order valence-electron chi connectivity index (χ4n) is 2.33. The molecule has 4 heteroatoms. The normalized spacial score (nSPS) is 20.4. The largest absolute Gasteiger partial charge is 0.480 e. The standard InChI is InChI=1S/C13H17NO3/c1-9-4-3-5-10(2)12(9)14-6-7-17-8-11(14)13(15)16/h3-5,11H,6-8H2,1-2H3,(H,15,16). The van der Waals surface area contributed by atoms with Crippen molar-refractivity contribution in [1.29, 1.82) is 0 Å². The first-order valence-corrected chi connectivity index (χ1v) is 5.74. The van der Waals surface area contributed by atoms with E-state index in [-0.39, 0.29) is 6.61 Å². The summed E-state index contributed by atoms with van der Waals surface area (Å²) in [5.74, 6) is -0.827. The van der Waals surface area contributed by atoms with Crippen LogP contribution in [0.3, 0.4) is 0 Å². The maximum atomic E-state index is 11.2. The maximum absolute atomic E-state index is 11.2. The van der Waals surface area contributed by atoms with Crippen LogP contribution in [0.2, 0.25) is 0 Å². The second-order valence-corrected chi connectivity index (χ2v) is 4.36. The molecule has 1 saturated heterocycles. The van der Waals surface area contributed by atoms with Crippen LogP contribution in [0, 0.1) is 13.8 Å². The number of benzene rings is 1. The van der Waals surface area contributed by atoms with E-state index in [2.05, 4.69) is 0 Å². The lowest BCUT2D eigenvalue weighted by atomic mass is 10.1. The Balaban J connectivity index is 2.39. The lowest BCUT2D eigenvalue weighted by Crippen LogP contribution is -2.50. The Kier molecular flexibility index (Phi) is 3.33. The Morgan fingerprint density at radius 2 is 2.06 bits per heavy atom. The predicted octanol–water partition coefficient (Wildman–Crippen LogP) is 1.59. The van der Waals surface area contributed by atoms with Gasteiger partial charge in [0, 0.05) is 12.2 Å². The van der Waals surface area contributed by atoms with Gasteiger partial charge in [-0.05, 0) is 25.0 Å². The topological polar surface area (TPSA) is 49.8 Å². The number of aliphatic carboxylic acids is 1. The number of carboxylic acid groups (broad SMARTS) is 1. The number of hydrogen-bond acceptors (Lipinski definition) is 3. The zero-order chi connectivity index (χ0) is 12.4. The third-order valence-electron chi connectivity index (χ3n) is 3.14. The van der Waals surface area contributed by atoms with Gasteiger partial charge in [-0.1, -0.05) is 18.2 Å². The van der Waals surface area contributed by atoms with E-state index in [1.165, 1.54) is 0 Å². The minimum absolute atomic E-state index is 0.253. The third-order valence-corrected chi connectivity index (χ3v) is 3.14. The van der Waals surface area contributed by atoms with Crippen molar-refractivity contribution >= 4 is 11.7 Å².